The first-order valence-corrected chi connectivity index (χ1v) is 8.24. The van der Waals surface area contributed by atoms with Gasteiger partial charge in [0.15, 0.2) is 9.84 Å². The fourth-order valence-corrected chi connectivity index (χ4v) is 3.02. The Kier molecular flexibility index (Phi) is 4.01. The van der Waals surface area contributed by atoms with Gasteiger partial charge in [-0.2, -0.15) is 0 Å². The van der Waals surface area contributed by atoms with Crippen molar-refractivity contribution in [2.75, 3.05) is 11.1 Å². The maximum atomic E-state index is 11.8. The molecule has 2 rings (SSSR count). The van der Waals surface area contributed by atoms with E-state index in [9.17, 15) is 13.2 Å². The van der Waals surface area contributed by atoms with Gasteiger partial charge in [0, 0.05) is 5.69 Å². The summed E-state index contributed by atoms with van der Waals surface area (Å²) in [5, 5.41) is 4.54. The molecule has 0 aliphatic carbocycles. The summed E-state index contributed by atoms with van der Waals surface area (Å²) in [5.41, 5.74) is 0.577. The molecule has 0 saturated carbocycles. The molecule has 4 nitrogen and oxygen atoms in total. The van der Waals surface area contributed by atoms with Gasteiger partial charge in [0.05, 0.1) is 15.5 Å². The Morgan fingerprint density at radius 3 is 2.42 bits per heavy atom. The molecule has 1 amide bonds. The summed E-state index contributed by atoms with van der Waals surface area (Å²) in [7, 11) is -3.20. The van der Waals surface area contributed by atoms with Crippen LogP contribution in [0.1, 0.15) is 16.6 Å². The third-order valence-corrected chi connectivity index (χ3v) is 5.22. The summed E-state index contributed by atoms with van der Waals surface area (Å²) < 4.78 is 23.3. The molecule has 0 aliphatic heterocycles. The van der Waals surface area contributed by atoms with Crippen molar-refractivity contribution >= 4 is 32.8 Å². The molecule has 0 atom stereocenters. The minimum atomic E-state index is -3.20. The Labute approximate surface area is 116 Å². The van der Waals surface area contributed by atoms with Crippen molar-refractivity contribution in [3.8, 4) is 0 Å². The largest absolute Gasteiger partial charge is 0.321 e. The van der Waals surface area contributed by atoms with Crippen LogP contribution in [-0.2, 0) is 9.84 Å². The van der Waals surface area contributed by atoms with Crippen molar-refractivity contribution in [1.82, 2.24) is 0 Å². The van der Waals surface area contributed by atoms with Gasteiger partial charge in [0.25, 0.3) is 5.91 Å². The monoisotopic (exact) mass is 295 g/mol. The Hall–Kier alpha value is -1.66. The fraction of sp³-hybridized carbons (Fsp3) is 0.154. The summed E-state index contributed by atoms with van der Waals surface area (Å²) >= 11 is 1.35. The van der Waals surface area contributed by atoms with Crippen LogP contribution in [-0.4, -0.2) is 20.1 Å². The molecule has 2 aromatic rings. The summed E-state index contributed by atoms with van der Waals surface area (Å²) in [4.78, 5) is 12.7. The van der Waals surface area contributed by atoms with Crippen molar-refractivity contribution in [3.05, 3.63) is 46.7 Å². The van der Waals surface area contributed by atoms with Crippen LogP contribution in [0.3, 0.4) is 0 Å². The molecule has 0 unspecified atom stereocenters. The zero-order valence-corrected chi connectivity index (χ0v) is 11.9. The van der Waals surface area contributed by atoms with Crippen molar-refractivity contribution < 1.29 is 13.2 Å². The van der Waals surface area contributed by atoms with Crippen LogP contribution in [0.2, 0.25) is 0 Å². The first kappa shape index (κ1) is 13.8. The van der Waals surface area contributed by atoms with E-state index in [2.05, 4.69) is 5.32 Å². The van der Waals surface area contributed by atoms with Gasteiger partial charge in [0.1, 0.15) is 0 Å². The minimum Gasteiger partial charge on any atom is -0.321 e. The number of hydrogen-bond acceptors (Lipinski definition) is 4. The molecule has 1 N–H and O–H groups in total. The van der Waals surface area contributed by atoms with Gasteiger partial charge in [0.2, 0.25) is 0 Å². The lowest BCUT2D eigenvalue weighted by Crippen LogP contribution is -2.10. The number of anilines is 1. The lowest BCUT2D eigenvalue weighted by molar-refractivity contribution is 0.103. The van der Waals surface area contributed by atoms with Crippen LogP contribution in [0, 0.1) is 0 Å². The highest BCUT2D eigenvalue weighted by atomic mass is 32.2. The minimum absolute atomic E-state index is 0.0634. The molecule has 0 saturated heterocycles. The van der Waals surface area contributed by atoms with Crippen molar-refractivity contribution in [3.63, 3.8) is 0 Å². The van der Waals surface area contributed by atoms with Gasteiger partial charge in [-0.25, -0.2) is 8.42 Å². The highest BCUT2D eigenvalue weighted by Gasteiger charge is 2.12. The zero-order chi connectivity index (χ0) is 13.9. The molecule has 19 heavy (non-hydrogen) atoms. The van der Waals surface area contributed by atoms with E-state index in [1.807, 2.05) is 5.38 Å². The van der Waals surface area contributed by atoms with Crippen LogP contribution in [0.25, 0.3) is 0 Å². The summed E-state index contributed by atoms with van der Waals surface area (Å²) in [6.45, 7) is 1.60. The highest BCUT2D eigenvalue weighted by Crippen LogP contribution is 2.17. The second-order valence-electron chi connectivity index (χ2n) is 3.86. The van der Waals surface area contributed by atoms with Gasteiger partial charge in [-0.3, -0.25) is 4.79 Å². The lowest BCUT2D eigenvalue weighted by atomic mass is 10.3. The maximum Gasteiger partial charge on any atom is 0.265 e. The number of nitrogens with one attached hydrogen (secondary N) is 1. The molecule has 100 valence electrons. The van der Waals surface area contributed by atoms with E-state index in [1.54, 1.807) is 31.2 Å². The molecule has 1 aromatic carbocycles. The molecular weight excluding hydrogens is 282 g/mol. The van der Waals surface area contributed by atoms with Gasteiger partial charge in [-0.05, 0) is 35.7 Å². The summed E-state index contributed by atoms with van der Waals surface area (Å²) in [6, 6.07) is 9.72. The van der Waals surface area contributed by atoms with Crippen LogP contribution < -0.4 is 5.32 Å². The van der Waals surface area contributed by atoms with Gasteiger partial charge in [-0.1, -0.05) is 13.0 Å². The summed E-state index contributed by atoms with van der Waals surface area (Å²) in [5.74, 6) is -0.130. The molecular formula is C13H13NO3S2. The molecule has 1 heterocycles. The van der Waals surface area contributed by atoms with Crippen molar-refractivity contribution in [2.24, 2.45) is 0 Å². The number of sulfone groups is 1. The van der Waals surface area contributed by atoms with Crippen LogP contribution in [0.15, 0.2) is 46.7 Å². The van der Waals surface area contributed by atoms with E-state index in [1.165, 1.54) is 23.5 Å². The fourth-order valence-electron chi connectivity index (χ4n) is 1.51. The quantitative estimate of drug-likeness (QED) is 0.943. The highest BCUT2D eigenvalue weighted by molar-refractivity contribution is 7.91. The Morgan fingerprint density at radius 1 is 1.21 bits per heavy atom. The lowest BCUT2D eigenvalue weighted by Gasteiger charge is -2.05. The first-order valence-electron chi connectivity index (χ1n) is 5.70. The third kappa shape index (κ3) is 3.21. The molecule has 0 bridgehead atoms. The predicted octanol–water partition coefficient (Wildman–Crippen LogP) is 2.79. The second kappa shape index (κ2) is 5.54. The Morgan fingerprint density at radius 2 is 1.89 bits per heavy atom. The van der Waals surface area contributed by atoms with E-state index in [-0.39, 0.29) is 16.6 Å². The smallest absolute Gasteiger partial charge is 0.265 e. The number of carbonyl (C=O) groups excluding carboxylic acids is 1. The van der Waals surface area contributed by atoms with Crippen LogP contribution in [0.5, 0.6) is 0 Å². The van der Waals surface area contributed by atoms with E-state index in [0.29, 0.717) is 10.6 Å². The molecule has 0 spiro atoms. The summed E-state index contributed by atoms with van der Waals surface area (Å²) in [6.07, 6.45) is 0. The van der Waals surface area contributed by atoms with Crippen LogP contribution >= 0.6 is 11.3 Å². The number of benzene rings is 1. The number of thiophene rings is 1. The number of amides is 1. The normalized spacial score (nSPS) is 11.2. The second-order valence-corrected chi connectivity index (χ2v) is 7.09. The van der Waals surface area contributed by atoms with Crippen molar-refractivity contribution in [2.45, 2.75) is 11.8 Å². The molecule has 1 aromatic heterocycles. The van der Waals surface area contributed by atoms with E-state index in [4.69, 9.17) is 0 Å². The number of rotatable bonds is 4. The van der Waals surface area contributed by atoms with Gasteiger partial charge >= 0.3 is 0 Å². The number of hydrogen-bond donors (Lipinski definition) is 1. The average molecular weight is 295 g/mol. The Balaban J connectivity index is 2.14. The van der Waals surface area contributed by atoms with E-state index < -0.39 is 9.84 Å². The van der Waals surface area contributed by atoms with Crippen LogP contribution in [0.4, 0.5) is 5.69 Å². The molecule has 0 fully saturated rings. The SMILES string of the molecule is CCS(=O)(=O)c1ccc(NC(=O)c2cccs2)cc1. The van der Waals surface area contributed by atoms with E-state index >= 15 is 0 Å². The standard InChI is InChI=1S/C13H13NO3S2/c1-2-19(16,17)11-7-5-10(6-8-11)14-13(15)12-4-3-9-18-12/h3-9H,2H2,1H3,(H,14,15). The predicted molar refractivity (Wildman–Crippen MR) is 76.4 cm³/mol. The Bertz CT molecular complexity index is 658. The average Bonchev–Trinajstić information content (AvgIpc) is 2.93. The maximum absolute atomic E-state index is 11.8. The first-order chi connectivity index (χ1) is 9.03. The zero-order valence-electron chi connectivity index (χ0n) is 10.3. The van der Waals surface area contributed by atoms with Gasteiger partial charge in [-0.15, -0.1) is 11.3 Å². The van der Waals surface area contributed by atoms with E-state index in [0.717, 1.165) is 0 Å². The number of carbonyl (C=O) groups is 1. The molecule has 0 aliphatic rings. The van der Waals surface area contributed by atoms with Gasteiger partial charge < -0.3 is 5.32 Å². The molecule has 0 radical (unpaired) electrons. The topological polar surface area (TPSA) is 63.2 Å². The third-order valence-electron chi connectivity index (χ3n) is 2.60. The molecule has 6 heteroatoms. The van der Waals surface area contributed by atoms with Crippen molar-refractivity contribution in [1.29, 1.82) is 0 Å².